The molecule has 2 aromatic carbocycles. The summed E-state index contributed by atoms with van der Waals surface area (Å²) in [5.41, 5.74) is 1.21. The minimum atomic E-state index is -3.88. The molecule has 0 radical (unpaired) electrons. The van der Waals surface area contributed by atoms with Gasteiger partial charge in [-0.25, -0.2) is 12.8 Å². The molecule has 30 heavy (non-hydrogen) atoms. The summed E-state index contributed by atoms with van der Waals surface area (Å²) in [6.45, 7) is 2.40. The van der Waals surface area contributed by atoms with Gasteiger partial charge in [-0.1, -0.05) is 40.2 Å². The second-order valence-corrected chi connectivity index (χ2v) is 10.5. The van der Waals surface area contributed by atoms with Gasteiger partial charge < -0.3 is 5.32 Å². The molecule has 0 bridgehead atoms. The van der Waals surface area contributed by atoms with Crippen LogP contribution in [0.3, 0.4) is 0 Å². The van der Waals surface area contributed by atoms with Crippen molar-refractivity contribution in [2.45, 2.75) is 43.5 Å². The number of hydrogen-bond acceptors (Lipinski definition) is 3. The summed E-state index contributed by atoms with van der Waals surface area (Å²) in [5, 5.41) is 3.05. The van der Waals surface area contributed by atoms with Crippen LogP contribution in [0.4, 0.5) is 4.39 Å². The zero-order chi connectivity index (χ0) is 21.7. The third-order valence-corrected chi connectivity index (χ3v) is 7.91. The Hall–Kier alpha value is -1.77. The van der Waals surface area contributed by atoms with E-state index in [4.69, 9.17) is 0 Å². The first kappa shape index (κ1) is 22.9. The standard InChI is InChI=1S/C22H26BrFN2O3S/c1-16(6-7-17-8-10-19(23)11-9-17)25-22(27)18-12-14-26(15-13-18)30(28,29)21-5-3-2-4-20(21)24/h2-5,8-11,16,18H,6-7,12-15H2,1H3,(H,25,27). The van der Waals surface area contributed by atoms with Gasteiger partial charge in [-0.2, -0.15) is 4.31 Å². The summed E-state index contributed by atoms with van der Waals surface area (Å²) < 4.78 is 41.6. The lowest BCUT2D eigenvalue weighted by molar-refractivity contribution is -0.126. The van der Waals surface area contributed by atoms with Crippen molar-refractivity contribution in [3.63, 3.8) is 0 Å². The minimum absolute atomic E-state index is 0.0290. The SMILES string of the molecule is CC(CCc1ccc(Br)cc1)NC(=O)C1CCN(S(=O)(=O)c2ccccc2F)CC1. The highest BCUT2D eigenvalue weighted by molar-refractivity contribution is 9.10. The van der Waals surface area contributed by atoms with Crippen LogP contribution in [0.5, 0.6) is 0 Å². The van der Waals surface area contributed by atoms with E-state index in [-0.39, 0.29) is 35.9 Å². The van der Waals surface area contributed by atoms with Crippen molar-refractivity contribution in [1.82, 2.24) is 9.62 Å². The van der Waals surface area contributed by atoms with Gasteiger partial charge in [0.15, 0.2) is 0 Å². The molecule has 0 aromatic heterocycles. The zero-order valence-corrected chi connectivity index (χ0v) is 19.3. The molecule has 1 atom stereocenters. The van der Waals surface area contributed by atoms with Crippen LogP contribution in [0.15, 0.2) is 57.9 Å². The lowest BCUT2D eigenvalue weighted by Gasteiger charge is -2.31. The Morgan fingerprint density at radius 3 is 2.43 bits per heavy atom. The van der Waals surface area contributed by atoms with Gasteiger partial charge in [0.1, 0.15) is 10.7 Å². The van der Waals surface area contributed by atoms with Gasteiger partial charge in [0.25, 0.3) is 0 Å². The number of halogens is 2. The highest BCUT2D eigenvalue weighted by atomic mass is 79.9. The number of benzene rings is 2. The topological polar surface area (TPSA) is 66.5 Å². The van der Waals surface area contributed by atoms with E-state index >= 15 is 0 Å². The number of carbonyl (C=O) groups is 1. The fraction of sp³-hybridized carbons (Fsp3) is 0.409. The van der Waals surface area contributed by atoms with Crippen molar-refractivity contribution in [1.29, 1.82) is 0 Å². The number of rotatable bonds is 7. The molecule has 162 valence electrons. The molecule has 1 unspecified atom stereocenters. The van der Waals surface area contributed by atoms with Crippen LogP contribution in [-0.2, 0) is 21.2 Å². The van der Waals surface area contributed by atoms with Gasteiger partial charge in [0.2, 0.25) is 15.9 Å². The summed E-state index contributed by atoms with van der Waals surface area (Å²) in [5.74, 6) is -1.02. The fourth-order valence-electron chi connectivity index (χ4n) is 3.62. The molecule has 1 aliphatic heterocycles. The Labute approximate surface area is 185 Å². The van der Waals surface area contributed by atoms with E-state index in [1.165, 1.54) is 28.1 Å². The number of aryl methyl sites for hydroxylation is 1. The van der Waals surface area contributed by atoms with E-state index in [9.17, 15) is 17.6 Å². The zero-order valence-electron chi connectivity index (χ0n) is 16.9. The Kier molecular flexibility index (Phi) is 7.65. The largest absolute Gasteiger partial charge is 0.353 e. The molecule has 1 aliphatic rings. The molecule has 5 nitrogen and oxygen atoms in total. The third kappa shape index (κ3) is 5.68. The third-order valence-electron chi connectivity index (χ3n) is 5.45. The number of sulfonamides is 1. The first-order valence-corrected chi connectivity index (χ1v) is 12.3. The number of nitrogens with zero attached hydrogens (tertiary/aromatic N) is 1. The summed E-state index contributed by atoms with van der Waals surface area (Å²) in [6, 6.07) is 13.5. The van der Waals surface area contributed by atoms with Crippen molar-refractivity contribution < 1.29 is 17.6 Å². The van der Waals surface area contributed by atoms with Gasteiger partial charge in [-0.05, 0) is 62.4 Å². The number of nitrogens with one attached hydrogen (secondary N) is 1. The maximum atomic E-state index is 13.9. The summed E-state index contributed by atoms with van der Waals surface area (Å²) in [4.78, 5) is 12.3. The number of amides is 1. The van der Waals surface area contributed by atoms with Gasteiger partial charge in [-0.3, -0.25) is 4.79 Å². The van der Waals surface area contributed by atoms with Gasteiger partial charge in [0.05, 0.1) is 0 Å². The molecule has 1 saturated heterocycles. The van der Waals surface area contributed by atoms with Crippen LogP contribution >= 0.6 is 15.9 Å². The smallest absolute Gasteiger partial charge is 0.245 e. The molecule has 1 heterocycles. The second-order valence-electron chi connectivity index (χ2n) is 7.68. The van der Waals surface area contributed by atoms with Crippen LogP contribution in [0.2, 0.25) is 0 Å². The molecule has 0 spiro atoms. The number of carbonyl (C=O) groups excluding carboxylic acids is 1. The van der Waals surface area contributed by atoms with Crippen molar-refractivity contribution in [2.75, 3.05) is 13.1 Å². The van der Waals surface area contributed by atoms with E-state index in [0.29, 0.717) is 12.8 Å². The van der Waals surface area contributed by atoms with E-state index in [1.807, 2.05) is 19.1 Å². The predicted molar refractivity (Wildman–Crippen MR) is 118 cm³/mol. The first-order chi connectivity index (χ1) is 14.3. The lowest BCUT2D eigenvalue weighted by atomic mass is 9.96. The number of piperidine rings is 1. The molecule has 0 saturated carbocycles. The summed E-state index contributed by atoms with van der Waals surface area (Å²) >= 11 is 3.42. The lowest BCUT2D eigenvalue weighted by Crippen LogP contribution is -2.45. The molecule has 1 fully saturated rings. The van der Waals surface area contributed by atoms with Gasteiger partial charge in [-0.15, -0.1) is 0 Å². The number of hydrogen-bond donors (Lipinski definition) is 1. The fourth-order valence-corrected chi connectivity index (χ4v) is 5.42. The molecular weight excluding hydrogens is 471 g/mol. The highest BCUT2D eigenvalue weighted by Gasteiger charge is 2.33. The minimum Gasteiger partial charge on any atom is -0.353 e. The van der Waals surface area contributed by atoms with Crippen molar-refractivity contribution >= 4 is 31.9 Å². The van der Waals surface area contributed by atoms with E-state index in [1.54, 1.807) is 0 Å². The Morgan fingerprint density at radius 2 is 1.80 bits per heavy atom. The maximum Gasteiger partial charge on any atom is 0.245 e. The summed E-state index contributed by atoms with van der Waals surface area (Å²) in [6.07, 6.45) is 2.56. The molecule has 3 rings (SSSR count). The van der Waals surface area contributed by atoms with Crippen LogP contribution in [0, 0.1) is 11.7 Å². The Balaban J connectivity index is 1.49. The molecule has 1 N–H and O–H groups in total. The quantitative estimate of drug-likeness (QED) is 0.626. The Morgan fingerprint density at radius 1 is 1.17 bits per heavy atom. The average Bonchev–Trinajstić information content (AvgIpc) is 2.73. The van der Waals surface area contributed by atoms with Crippen LogP contribution in [0.25, 0.3) is 0 Å². The molecular formula is C22H26BrFN2O3S. The first-order valence-electron chi connectivity index (χ1n) is 10.1. The van der Waals surface area contributed by atoms with Crippen molar-refractivity contribution in [2.24, 2.45) is 5.92 Å². The normalized spacial score (nSPS) is 16.9. The molecule has 8 heteroatoms. The monoisotopic (exact) mass is 496 g/mol. The van der Waals surface area contributed by atoms with Gasteiger partial charge >= 0.3 is 0 Å². The van der Waals surface area contributed by atoms with E-state index in [0.717, 1.165) is 23.4 Å². The second kappa shape index (κ2) is 10.0. The van der Waals surface area contributed by atoms with Crippen molar-refractivity contribution in [3.8, 4) is 0 Å². The average molecular weight is 497 g/mol. The molecule has 2 aromatic rings. The predicted octanol–water partition coefficient (Wildman–Crippen LogP) is 4.13. The van der Waals surface area contributed by atoms with Crippen molar-refractivity contribution in [3.05, 3.63) is 64.4 Å². The van der Waals surface area contributed by atoms with Crippen LogP contribution in [-0.4, -0.2) is 37.8 Å². The van der Waals surface area contributed by atoms with Crippen LogP contribution < -0.4 is 5.32 Å². The van der Waals surface area contributed by atoms with E-state index in [2.05, 4.69) is 33.4 Å². The highest BCUT2D eigenvalue weighted by Crippen LogP contribution is 2.25. The Bertz CT molecular complexity index is 974. The summed E-state index contributed by atoms with van der Waals surface area (Å²) in [7, 11) is -3.88. The van der Waals surface area contributed by atoms with E-state index < -0.39 is 15.8 Å². The maximum absolute atomic E-state index is 13.9. The van der Waals surface area contributed by atoms with Gasteiger partial charge in [0, 0.05) is 29.5 Å². The molecule has 1 amide bonds. The van der Waals surface area contributed by atoms with Crippen LogP contribution in [0.1, 0.15) is 31.7 Å². The molecule has 0 aliphatic carbocycles.